The third kappa shape index (κ3) is 7.66. The van der Waals surface area contributed by atoms with Gasteiger partial charge in [-0.3, -0.25) is 9.59 Å². The van der Waals surface area contributed by atoms with Crippen LogP contribution in [0.15, 0.2) is 77.6 Å². The summed E-state index contributed by atoms with van der Waals surface area (Å²) in [7, 11) is 1.54. The number of carbonyl (C=O) groups excluding carboxylic acids is 1. The Labute approximate surface area is 226 Å². The molecule has 0 bridgehead atoms. The molecule has 4 aromatic rings. The standard InChI is InChI=1S/C29H29ClN4O4/c1-37-26-18-22(12-14-25(26)38-19-21-9-5-11-23(30)17-21)28-32-29(36)24(33-34-28)13-15-27(35)31-16-6-10-20-7-3-2-4-8-20/h2-5,7-9,11-12,14,17-18H,6,10,13,15-16,19H2,1H3,(H,31,35)(H,32,34,36). The van der Waals surface area contributed by atoms with Gasteiger partial charge in [-0.25, -0.2) is 0 Å². The number of hydrogen-bond donors (Lipinski definition) is 2. The summed E-state index contributed by atoms with van der Waals surface area (Å²) in [6.07, 6.45) is 2.11. The first-order chi connectivity index (χ1) is 18.5. The van der Waals surface area contributed by atoms with Crippen molar-refractivity contribution in [3.63, 3.8) is 0 Å². The van der Waals surface area contributed by atoms with Crippen LogP contribution in [0, 0.1) is 0 Å². The molecule has 0 saturated carbocycles. The number of amides is 1. The lowest BCUT2D eigenvalue weighted by Gasteiger charge is -2.12. The maximum absolute atomic E-state index is 12.6. The zero-order valence-corrected chi connectivity index (χ0v) is 21.8. The molecule has 3 aromatic carbocycles. The second kappa shape index (κ2) is 13.4. The number of halogens is 1. The predicted molar refractivity (Wildman–Crippen MR) is 147 cm³/mol. The molecule has 8 nitrogen and oxygen atoms in total. The smallest absolute Gasteiger partial charge is 0.273 e. The number of H-pyrrole nitrogens is 1. The highest BCUT2D eigenvalue weighted by molar-refractivity contribution is 6.30. The summed E-state index contributed by atoms with van der Waals surface area (Å²) in [6, 6.07) is 22.8. The van der Waals surface area contributed by atoms with Gasteiger partial charge in [0.05, 0.1) is 7.11 Å². The predicted octanol–water partition coefficient (Wildman–Crippen LogP) is 4.75. The molecular weight excluding hydrogens is 504 g/mol. The van der Waals surface area contributed by atoms with Crippen molar-refractivity contribution in [1.29, 1.82) is 0 Å². The Morgan fingerprint density at radius 3 is 2.53 bits per heavy atom. The Kier molecular flexibility index (Phi) is 9.48. The first kappa shape index (κ1) is 26.9. The fourth-order valence-electron chi connectivity index (χ4n) is 3.86. The first-order valence-corrected chi connectivity index (χ1v) is 12.7. The fourth-order valence-corrected chi connectivity index (χ4v) is 4.07. The van der Waals surface area contributed by atoms with Crippen molar-refractivity contribution < 1.29 is 14.3 Å². The van der Waals surface area contributed by atoms with Crippen LogP contribution in [0.25, 0.3) is 11.4 Å². The zero-order chi connectivity index (χ0) is 26.7. The lowest BCUT2D eigenvalue weighted by molar-refractivity contribution is -0.121. The summed E-state index contributed by atoms with van der Waals surface area (Å²) >= 11 is 6.04. The molecule has 0 aliphatic heterocycles. The van der Waals surface area contributed by atoms with Gasteiger partial charge in [0.15, 0.2) is 17.3 Å². The first-order valence-electron chi connectivity index (χ1n) is 12.3. The Balaban J connectivity index is 1.30. The van der Waals surface area contributed by atoms with E-state index in [9.17, 15) is 9.59 Å². The van der Waals surface area contributed by atoms with Crippen LogP contribution in [0.5, 0.6) is 11.5 Å². The Bertz CT molecular complexity index is 1430. The third-order valence-corrected chi connectivity index (χ3v) is 6.12. The molecule has 0 spiro atoms. The van der Waals surface area contributed by atoms with Gasteiger partial charge in [-0.2, -0.15) is 0 Å². The number of benzene rings is 3. The van der Waals surface area contributed by atoms with Crippen LogP contribution in [-0.4, -0.2) is 34.7 Å². The van der Waals surface area contributed by atoms with Gasteiger partial charge in [0.1, 0.15) is 12.3 Å². The Hall–Kier alpha value is -4.17. The number of aryl methyl sites for hydroxylation is 2. The lowest BCUT2D eigenvalue weighted by Crippen LogP contribution is -2.26. The Morgan fingerprint density at radius 2 is 1.76 bits per heavy atom. The van der Waals surface area contributed by atoms with Crippen LogP contribution >= 0.6 is 11.6 Å². The number of ether oxygens (including phenoxy) is 2. The van der Waals surface area contributed by atoms with Crippen LogP contribution in [-0.2, 0) is 24.2 Å². The summed E-state index contributed by atoms with van der Waals surface area (Å²) in [6.45, 7) is 0.900. The molecule has 1 heterocycles. The van der Waals surface area contributed by atoms with Gasteiger partial charge in [0.2, 0.25) is 5.91 Å². The van der Waals surface area contributed by atoms with E-state index in [-0.39, 0.29) is 30.0 Å². The lowest BCUT2D eigenvalue weighted by atomic mass is 10.1. The third-order valence-electron chi connectivity index (χ3n) is 5.88. The van der Waals surface area contributed by atoms with Crippen molar-refractivity contribution in [2.24, 2.45) is 0 Å². The van der Waals surface area contributed by atoms with E-state index in [1.165, 1.54) is 12.7 Å². The van der Waals surface area contributed by atoms with E-state index in [4.69, 9.17) is 21.1 Å². The second-order valence-electron chi connectivity index (χ2n) is 8.67. The van der Waals surface area contributed by atoms with Crippen LogP contribution in [0.3, 0.4) is 0 Å². The van der Waals surface area contributed by atoms with E-state index in [0.29, 0.717) is 41.1 Å². The normalized spacial score (nSPS) is 10.7. The van der Waals surface area contributed by atoms with Gasteiger partial charge >= 0.3 is 0 Å². The van der Waals surface area contributed by atoms with Gasteiger partial charge in [-0.15, -0.1) is 10.2 Å². The maximum atomic E-state index is 12.6. The zero-order valence-electron chi connectivity index (χ0n) is 21.1. The topological polar surface area (TPSA) is 106 Å². The quantitative estimate of drug-likeness (QED) is 0.255. The highest BCUT2D eigenvalue weighted by atomic mass is 35.5. The van der Waals surface area contributed by atoms with E-state index in [1.54, 1.807) is 24.3 Å². The molecule has 0 radical (unpaired) electrons. The van der Waals surface area contributed by atoms with Gasteiger partial charge in [0, 0.05) is 30.0 Å². The molecule has 0 atom stereocenters. The minimum atomic E-state index is -0.382. The number of nitrogens with zero attached hydrogens (tertiary/aromatic N) is 2. The molecule has 0 aliphatic carbocycles. The van der Waals surface area contributed by atoms with Gasteiger partial charge in [-0.1, -0.05) is 54.1 Å². The average Bonchev–Trinajstić information content (AvgIpc) is 2.94. The SMILES string of the molecule is COc1cc(-c2nnc(CCC(=O)NCCCc3ccccc3)c(=O)[nH]2)ccc1OCc1cccc(Cl)c1. The molecule has 1 aromatic heterocycles. The summed E-state index contributed by atoms with van der Waals surface area (Å²) in [5.74, 6) is 1.20. The number of nitrogens with one attached hydrogen (secondary N) is 2. The summed E-state index contributed by atoms with van der Waals surface area (Å²) < 4.78 is 11.4. The van der Waals surface area contributed by atoms with Crippen molar-refractivity contribution in [2.45, 2.75) is 32.3 Å². The van der Waals surface area contributed by atoms with Crippen molar-refractivity contribution in [3.05, 3.63) is 105 Å². The number of aromatic amines is 1. The van der Waals surface area contributed by atoms with Crippen LogP contribution in [0.2, 0.25) is 5.02 Å². The van der Waals surface area contributed by atoms with E-state index in [0.717, 1.165) is 18.4 Å². The maximum Gasteiger partial charge on any atom is 0.273 e. The van der Waals surface area contributed by atoms with Gasteiger partial charge < -0.3 is 19.8 Å². The van der Waals surface area contributed by atoms with Crippen molar-refractivity contribution in [1.82, 2.24) is 20.5 Å². The summed E-state index contributed by atoms with van der Waals surface area (Å²) in [5.41, 5.74) is 2.61. The number of carbonyl (C=O) groups is 1. The molecule has 196 valence electrons. The molecule has 0 saturated heterocycles. The highest BCUT2D eigenvalue weighted by Crippen LogP contribution is 2.31. The van der Waals surface area contributed by atoms with Crippen molar-refractivity contribution in [2.75, 3.05) is 13.7 Å². The van der Waals surface area contributed by atoms with E-state index in [2.05, 4.69) is 32.6 Å². The van der Waals surface area contributed by atoms with E-state index in [1.807, 2.05) is 36.4 Å². The molecule has 2 N–H and O–H groups in total. The second-order valence-corrected chi connectivity index (χ2v) is 9.11. The molecule has 9 heteroatoms. The monoisotopic (exact) mass is 532 g/mol. The largest absolute Gasteiger partial charge is 0.493 e. The number of rotatable bonds is 12. The van der Waals surface area contributed by atoms with Crippen LogP contribution in [0.1, 0.15) is 29.7 Å². The number of hydrogen-bond acceptors (Lipinski definition) is 6. The van der Waals surface area contributed by atoms with Gasteiger partial charge in [-0.05, 0) is 54.3 Å². The summed E-state index contributed by atoms with van der Waals surface area (Å²) in [5, 5.41) is 11.8. The molecule has 38 heavy (non-hydrogen) atoms. The average molecular weight is 533 g/mol. The molecule has 0 unspecified atom stereocenters. The molecule has 4 rings (SSSR count). The minimum Gasteiger partial charge on any atom is -0.493 e. The van der Waals surface area contributed by atoms with Crippen molar-refractivity contribution >= 4 is 17.5 Å². The molecular formula is C29H29ClN4O4. The van der Waals surface area contributed by atoms with Crippen LogP contribution < -0.4 is 20.3 Å². The van der Waals surface area contributed by atoms with Gasteiger partial charge in [0.25, 0.3) is 5.56 Å². The Morgan fingerprint density at radius 1 is 0.947 bits per heavy atom. The van der Waals surface area contributed by atoms with E-state index < -0.39 is 0 Å². The molecule has 1 amide bonds. The summed E-state index contributed by atoms with van der Waals surface area (Å²) in [4.78, 5) is 27.5. The van der Waals surface area contributed by atoms with Crippen LogP contribution in [0.4, 0.5) is 0 Å². The molecule has 0 aliphatic rings. The van der Waals surface area contributed by atoms with Crippen molar-refractivity contribution in [3.8, 4) is 22.9 Å². The molecule has 0 fully saturated rings. The number of aromatic nitrogens is 3. The minimum absolute atomic E-state index is 0.124. The van der Waals surface area contributed by atoms with E-state index >= 15 is 0 Å². The fraction of sp³-hybridized carbons (Fsp3) is 0.241. The highest BCUT2D eigenvalue weighted by Gasteiger charge is 2.12. The number of methoxy groups -OCH3 is 1.